The van der Waals surface area contributed by atoms with Gasteiger partial charge in [0.05, 0.1) is 10.8 Å². The predicted molar refractivity (Wildman–Crippen MR) is 102 cm³/mol. The van der Waals surface area contributed by atoms with Gasteiger partial charge in [-0.05, 0) is 24.3 Å². The molecule has 0 fully saturated rings. The molecule has 3 aromatic rings. The molecule has 0 aliphatic heterocycles. The highest BCUT2D eigenvalue weighted by atomic mass is 16.6. The third kappa shape index (κ3) is 3.69. The first kappa shape index (κ1) is 18.3. The summed E-state index contributed by atoms with van der Waals surface area (Å²) in [6, 6.07) is 18.3. The fraction of sp³-hybridized carbons (Fsp3) is 0.143. The molecule has 3 rings (SSSR count). The second-order valence-electron chi connectivity index (χ2n) is 6.25. The normalized spacial score (nSPS) is 12.9. The predicted octanol–water partition coefficient (Wildman–Crippen LogP) is 4.27. The van der Waals surface area contributed by atoms with Crippen molar-refractivity contribution in [3.8, 4) is 5.69 Å². The Labute approximate surface area is 156 Å². The minimum Gasteiger partial charge on any atom is -0.297 e. The quantitative estimate of drug-likeness (QED) is 0.358. The van der Waals surface area contributed by atoms with Gasteiger partial charge in [0.25, 0.3) is 0 Å². The third-order valence-corrected chi connectivity index (χ3v) is 4.56. The van der Waals surface area contributed by atoms with Crippen LogP contribution in [0.2, 0.25) is 0 Å². The van der Waals surface area contributed by atoms with Gasteiger partial charge in [-0.25, -0.2) is 4.98 Å². The van der Waals surface area contributed by atoms with Crippen LogP contribution < -0.4 is 0 Å². The Morgan fingerprint density at radius 1 is 1.11 bits per heavy atom. The van der Waals surface area contributed by atoms with E-state index < -0.39 is 16.8 Å². The maximum absolute atomic E-state index is 13.2. The Bertz CT molecular complexity index is 965. The molecule has 2 atom stereocenters. The lowest BCUT2D eigenvalue weighted by Crippen LogP contribution is -2.26. The first-order chi connectivity index (χ1) is 13.0. The summed E-state index contributed by atoms with van der Waals surface area (Å²) >= 11 is 0. The van der Waals surface area contributed by atoms with Gasteiger partial charge in [-0.2, -0.15) is 0 Å². The molecule has 0 aliphatic carbocycles. The molecule has 0 aliphatic rings. The molecule has 27 heavy (non-hydrogen) atoms. The van der Waals surface area contributed by atoms with Crippen LogP contribution in [0, 0.1) is 16.0 Å². The highest BCUT2D eigenvalue weighted by Crippen LogP contribution is 2.33. The number of para-hydroxylation sites is 1. The summed E-state index contributed by atoms with van der Waals surface area (Å²) in [5.74, 6) is -1.48. The molecule has 2 unspecified atom stereocenters. The number of benzene rings is 2. The first-order valence-corrected chi connectivity index (χ1v) is 8.52. The van der Waals surface area contributed by atoms with E-state index in [1.54, 1.807) is 48.1 Å². The number of Topliss-reactive ketones (excluding diaryl/α,β-unsaturated/α-hetero) is 1. The van der Waals surface area contributed by atoms with Crippen molar-refractivity contribution in [3.63, 3.8) is 0 Å². The standard InChI is InChI=1S/C21H19N3O3/c1-15(19(16(2)24(26)27)17-9-5-3-6-10-17)20(25)21-22-13-14-23(21)18-11-7-4-8-12-18/h3-15,19H,2H2,1H3. The number of allylic oxidation sites excluding steroid dienone is 1. The number of rotatable bonds is 7. The summed E-state index contributed by atoms with van der Waals surface area (Å²) in [5.41, 5.74) is 1.27. The number of ketones is 1. The van der Waals surface area contributed by atoms with E-state index in [-0.39, 0.29) is 17.3 Å². The minimum atomic E-state index is -0.741. The summed E-state index contributed by atoms with van der Waals surface area (Å²) in [6.07, 6.45) is 3.25. The number of nitro groups is 1. The highest BCUT2D eigenvalue weighted by molar-refractivity contribution is 5.96. The maximum atomic E-state index is 13.2. The van der Waals surface area contributed by atoms with Crippen molar-refractivity contribution < 1.29 is 9.72 Å². The van der Waals surface area contributed by atoms with Gasteiger partial charge in [-0.1, -0.05) is 55.5 Å². The highest BCUT2D eigenvalue weighted by Gasteiger charge is 2.36. The molecule has 2 aromatic carbocycles. The monoisotopic (exact) mass is 361 g/mol. The molecule has 6 nitrogen and oxygen atoms in total. The zero-order valence-electron chi connectivity index (χ0n) is 14.9. The zero-order chi connectivity index (χ0) is 19.4. The van der Waals surface area contributed by atoms with Gasteiger partial charge < -0.3 is 0 Å². The summed E-state index contributed by atoms with van der Waals surface area (Å²) in [5, 5.41) is 11.4. The molecule has 1 heterocycles. The topological polar surface area (TPSA) is 78.0 Å². The second-order valence-corrected chi connectivity index (χ2v) is 6.25. The Hall–Kier alpha value is -3.54. The van der Waals surface area contributed by atoms with Crippen molar-refractivity contribution in [1.82, 2.24) is 9.55 Å². The molecule has 0 radical (unpaired) electrons. The molecule has 0 amide bonds. The van der Waals surface area contributed by atoms with Crippen LogP contribution in [-0.2, 0) is 0 Å². The van der Waals surface area contributed by atoms with Crippen LogP contribution in [0.5, 0.6) is 0 Å². The smallest absolute Gasteiger partial charge is 0.247 e. The Kier molecular flexibility index (Phi) is 5.26. The van der Waals surface area contributed by atoms with Crippen molar-refractivity contribution in [2.75, 3.05) is 0 Å². The van der Waals surface area contributed by atoms with Crippen LogP contribution in [0.1, 0.15) is 29.0 Å². The van der Waals surface area contributed by atoms with Crippen LogP contribution in [0.15, 0.2) is 85.3 Å². The zero-order valence-corrected chi connectivity index (χ0v) is 14.9. The number of hydrogen-bond acceptors (Lipinski definition) is 4. The molecule has 1 aromatic heterocycles. The Balaban J connectivity index is 1.99. The lowest BCUT2D eigenvalue weighted by Gasteiger charge is -2.21. The molecule has 0 N–H and O–H groups in total. The lowest BCUT2D eigenvalue weighted by molar-refractivity contribution is -0.430. The molecular weight excluding hydrogens is 342 g/mol. The van der Waals surface area contributed by atoms with Crippen molar-refractivity contribution in [1.29, 1.82) is 0 Å². The molecule has 0 spiro atoms. The van der Waals surface area contributed by atoms with Gasteiger partial charge in [0.1, 0.15) is 0 Å². The Morgan fingerprint density at radius 3 is 2.30 bits per heavy atom. The van der Waals surface area contributed by atoms with E-state index in [9.17, 15) is 14.9 Å². The average molecular weight is 361 g/mol. The molecule has 136 valence electrons. The van der Waals surface area contributed by atoms with Gasteiger partial charge in [-0.15, -0.1) is 0 Å². The van der Waals surface area contributed by atoms with Crippen LogP contribution >= 0.6 is 0 Å². The summed E-state index contributed by atoms with van der Waals surface area (Å²) < 4.78 is 1.69. The van der Waals surface area contributed by atoms with E-state index in [1.807, 2.05) is 36.4 Å². The van der Waals surface area contributed by atoms with E-state index in [4.69, 9.17) is 0 Å². The number of nitrogens with zero attached hydrogens (tertiary/aromatic N) is 3. The van der Waals surface area contributed by atoms with E-state index in [0.29, 0.717) is 5.56 Å². The molecule has 0 saturated heterocycles. The van der Waals surface area contributed by atoms with Crippen LogP contribution in [0.3, 0.4) is 0 Å². The van der Waals surface area contributed by atoms with Gasteiger partial charge in [-0.3, -0.25) is 19.5 Å². The second kappa shape index (κ2) is 7.78. The molecule has 0 bridgehead atoms. The Morgan fingerprint density at radius 2 is 1.70 bits per heavy atom. The van der Waals surface area contributed by atoms with Crippen molar-refractivity contribution >= 4 is 5.78 Å². The molecule has 6 heteroatoms. The number of aromatic nitrogens is 2. The van der Waals surface area contributed by atoms with E-state index >= 15 is 0 Å². The lowest BCUT2D eigenvalue weighted by atomic mass is 9.82. The summed E-state index contributed by atoms with van der Waals surface area (Å²) in [4.78, 5) is 28.3. The third-order valence-electron chi connectivity index (χ3n) is 4.56. The van der Waals surface area contributed by atoms with E-state index in [0.717, 1.165) is 5.69 Å². The number of hydrogen-bond donors (Lipinski definition) is 0. The van der Waals surface area contributed by atoms with Crippen molar-refractivity contribution in [2.24, 2.45) is 5.92 Å². The number of carbonyl (C=O) groups is 1. The first-order valence-electron chi connectivity index (χ1n) is 8.52. The number of carbonyl (C=O) groups excluding carboxylic acids is 1. The van der Waals surface area contributed by atoms with Crippen molar-refractivity contribution in [3.05, 3.63) is 107 Å². The fourth-order valence-corrected chi connectivity index (χ4v) is 3.18. The van der Waals surface area contributed by atoms with Gasteiger partial charge in [0.2, 0.25) is 11.5 Å². The molecular formula is C21H19N3O3. The van der Waals surface area contributed by atoms with Crippen LogP contribution in [-0.4, -0.2) is 20.3 Å². The molecule has 0 saturated carbocycles. The van der Waals surface area contributed by atoms with Crippen LogP contribution in [0.4, 0.5) is 0 Å². The largest absolute Gasteiger partial charge is 0.297 e. The van der Waals surface area contributed by atoms with Crippen LogP contribution in [0.25, 0.3) is 5.69 Å². The van der Waals surface area contributed by atoms with Crippen molar-refractivity contribution in [2.45, 2.75) is 12.8 Å². The maximum Gasteiger partial charge on any atom is 0.247 e. The minimum absolute atomic E-state index is 0.208. The fourth-order valence-electron chi connectivity index (χ4n) is 3.18. The van der Waals surface area contributed by atoms with Gasteiger partial charge in [0, 0.05) is 24.0 Å². The van der Waals surface area contributed by atoms with Gasteiger partial charge in [0.15, 0.2) is 5.82 Å². The summed E-state index contributed by atoms with van der Waals surface area (Å²) in [6.45, 7) is 5.30. The van der Waals surface area contributed by atoms with Gasteiger partial charge >= 0.3 is 0 Å². The van der Waals surface area contributed by atoms with E-state index in [1.165, 1.54) is 0 Å². The summed E-state index contributed by atoms with van der Waals surface area (Å²) in [7, 11) is 0. The average Bonchev–Trinajstić information content (AvgIpc) is 3.18. The van der Waals surface area contributed by atoms with E-state index in [2.05, 4.69) is 11.6 Å². The SMILES string of the molecule is C=C(C(c1ccccc1)C(C)C(=O)c1nccn1-c1ccccc1)[N+](=O)[O-]. The number of imidazole rings is 1.